The summed E-state index contributed by atoms with van der Waals surface area (Å²) in [5.41, 5.74) is 1.37. The Kier molecular flexibility index (Phi) is 3.70. The van der Waals surface area contributed by atoms with Crippen LogP contribution in [0.5, 0.6) is 11.8 Å². The molecule has 1 amide bonds. The molecule has 0 spiro atoms. The molecule has 29 heavy (non-hydrogen) atoms. The normalized spacial score (nSPS) is 29.9. The van der Waals surface area contributed by atoms with Crippen LogP contribution in [0.25, 0.3) is 5.52 Å². The van der Waals surface area contributed by atoms with E-state index in [0.29, 0.717) is 17.5 Å². The summed E-state index contributed by atoms with van der Waals surface area (Å²) in [7, 11) is 0. The molecule has 4 aliphatic carbocycles. The van der Waals surface area contributed by atoms with Gasteiger partial charge in [-0.25, -0.2) is 4.98 Å². The molecule has 6 nitrogen and oxygen atoms in total. The molecule has 148 valence electrons. The SMILES string of the molecule is O=C(NC12CC3CC(CC(C3)C1)C2)c1[nH]c(Oc2ccc[nH+]c2)[n+]2ccccc12. The number of ether oxygens (including phenoxy) is 1. The number of imidazole rings is 1. The second-order valence-corrected chi connectivity index (χ2v) is 9.25. The molecule has 6 heteroatoms. The van der Waals surface area contributed by atoms with Crippen molar-refractivity contribution in [1.29, 1.82) is 0 Å². The molecular weight excluding hydrogens is 364 g/mol. The summed E-state index contributed by atoms with van der Waals surface area (Å²) < 4.78 is 7.90. The van der Waals surface area contributed by atoms with E-state index in [9.17, 15) is 4.79 Å². The van der Waals surface area contributed by atoms with Crippen LogP contribution in [0.2, 0.25) is 0 Å². The third kappa shape index (κ3) is 2.89. The zero-order chi connectivity index (χ0) is 19.4. The fraction of sp³-hybridized carbons (Fsp3) is 0.435. The lowest BCUT2D eigenvalue weighted by Gasteiger charge is -2.56. The minimum atomic E-state index is -0.0230. The van der Waals surface area contributed by atoms with Gasteiger partial charge in [0.1, 0.15) is 6.20 Å². The number of hydrogen-bond donors (Lipinski definition) is 2. The lowest BCUT2D eigenvalue weighted by atomic mass is 9.53. The average Bonchev–Trinajstić information content (AvgIpc) is 3.06. The molecule has 0 aromatic carbocycles. The van der Waals surface area contributed by atoms with Crippen LogP contribution in [0.4, 0.5) is 0 Å². The van der Waals surface area contributed by atoms with Crippen LogP contribution in [-0.4, -0.2) is 16.4 Å². The van der Waals surface area contributed by atoms with Gasteiger partial charge < -0.3 is 10.1 Å². The van der Waals surface area contributed by atoms with Crippen molar-refractivity contribution in [3.63, 3.8) is 0 Å². The van der Waals surface area contributed by atoms with E-state index in [1.54, 1.807) is 6.20 Å². The van der Waals surface area contributed by atoms with Crippen LogP contribution in [-0.2, 0) is 0 Å². The summed E-state index contributed by atoms with van der Waals surface area (Å²) in [6.45, 7) is 0. The summed E-state index contributed by atoms with van der Waals surface area (Å²) in [4.78, 5) is 19.6. The van der Waals surface area contributed by atoms with E-state index in [1.165, 1.54) is 19.3 Å². The highest BCUT2D eigenvalue weighted by Gasteiger charge is 2.52. The first-order chi connectivity index (χ1) is 14.2. The third-order valence-electron chi connectivity index (χ3n) is 7.10. The maximum atomic E-state index is 13.4. The number of hydrogen-bond acceptors (Lipinski definition) is 2. The van der Waals surface area contributed by atoms with Gasteiger partial charge in [0, 0.05) is 11.6 Å². The van der Waals surface area contributed by atoms with Crippen LogP contribution in [0, 0.1) is 17.8 Å². The van der Waals surface area contributed by atoms with E-state index in [4.69, 9.17) is 4.74 Å². The molecule has 3 N–H and O–H groups in total. The van der Waals surface area contributed by atoms with Crippen LogP contribution < -0.4 is 19.4 Å². The Balaban J connectivity index is 1.32. The zero-order valence-electron chi connectivity index (χ0n) is 16.4. The minimum absolute atomic E-state index is 0.0157. The Morgan fingerprint density at radius 3 is 2.55 bits per heavy atom. The Morgan fingerprint density at radius 1 is 1.10 bits per heavy atom. The van der Waals surface area contributed by atoms with E-state index >= 15 is 0 Å². The minimum Gasteiger partial charge on any atom is -0.385 e. The Morgan fingerprint density at radius 2 is 1.86 bits per heavy atom. The number of rotatable bonds is 4. The molecule has 7 rings (SSSR count). The van der Waals surface area contributed by atoms with Gasteiger partial charge in [0.2, 0.25) is 11.9 Å². The number of nitrogens with one attached hydrogen (secondary N) is 3. The number of carbonyl (C=O) groups is 1. The largest absolute Gasteiger partial charge is 0.465 e. The molecule has 4 fully saturated rings. The second kappa shape index (κ2) is 6.31. The van der Waals surface area contributed by atoms with Gasteiger partial charge in [-0.05, 0) is 74.5 Å². The quantitative estimate of drug-likeness (QED) is 0.672. The van der Waals surface area contributed by atoms with Gasteiger partial charge in [-0.15, -0.1) is 0 Å². The number of carbonyl (C=O) groups excluding carboxylic acids is 1. The molecule has 3 heterocycles. The molecule has 3 aromatic heterocycles. The highest BCUT2D eigenvalue weighted by molar-refractivity contribution is 5.98. The predicted molar refractivity (Wildman–Crippen MR) is 105 cm³/mol. The lowest BCUT2D eigenvalue weighted by Crippen LogP contribution is -2.59. The Hall–Kier alpha value is -2.89. The molecule has 0 aliphatic heterocycles. The molecule has 0 radical (unpaired) electrons. The van der Waals surface area contributed by atoms with Gasteiger partial charge in [-0.1, -0.05) is 6.07 Å². The van der Waals surface area contributed by atoms with E-state index in [1.807, 2.05) is 47.1 Å². The zero-order valence-corrected chi connectivity index (χ0v) is 16.4. The number of amides is 1. The van der Waals surface area contributed by atoms with E-state index in [0.717, 1.165) is 42.5 Å². The van der Waals surface area contributed by atoms with Crippen molar-refractivity contribution in [1.82, 2.24) is 10.3 Å². The van der Waals surface area contributed by atoms with Gasteiger partial charge >= 0.3 is 6.01 Å². The fourth-order valence-electron chi connectivity index (χ4n) is 6.42. The van der Waals surface area contributed by atoms with E-state index in [-0.39, 0.29) is 11.4 Å². The first kappa shape index (κ1) is 17.0. The monoisotopic (exact) mass is 390 g/mol. The van der Waals surface area contributed by atoms with Gasteiger partial charge in [0.05, 0.1) is 0 Å². The van der Waals surface area contributed by atoms with Gasteiger partial charge in [-0.3, -0.25) is 4.79 Å². The molecule has 4 aliphatic rings. The number of H-pyrrole nitrogens is 2. The Labute approximate surface area is 169 Å². The highest BCUT2D eigenvalue weighted by Crippen LogP contribution is 2.55. The van der Waals surface area contributed by atoms with Crippen LogP contribution >= 0.6 is 0 Å². The van der Waals surface area contributed by atoms with Crippen LogP contribution in [0.15, 0.2) is 48.9 Å². The lowest BCUT2D eigenvalue weighted by molar-refractivity contribution is -0.519. The van der Waals surface area contributed by atoms with Crippen molar-refractivity contribution in [2.75, 3.05) is 0 Å². The first-order valence-electron chi connectivity index (χ1n) is 10.7. The number of pyridine rings is 2. The molecule has 0 saturated heterocycles. The molecule has 4 bridgehead atoms. The molecule has 3 aromatic rings. The first-order valence-corrected chi connectivity index (χ1v) is 10.7. The topological polar surface area (TPSA) is 72.4 Å². The maximum absolute atomic E-state index is 13.4. The van der Waals surface area contributed by atoms with Crippen molar-refractivity contribution in [2.45, 2.75) is 44.1 Å². The van der Waals surface area contributed by atoms with Gasteiger partial charge in [0.25, 0.3) is 5.91 Å². The number of nitrogens with zero attached hydrogens (tertiary/aromatic N) is 1. The summed E-state index contributed by atoms with van der Waals surface area (Å²) in [5, 5.41) is 3.46. The Bertz CT molecular complexity index is 1040. The fourth-order valence-corrected chi connectivity index (χ4v) is 6.42. The summed E-state index contributed by atoms with van der Waals surface area (Å²) in [6.07, 6.45) is 13.0. The third-order valence-corrected chi connectivity index (χ3v) is 7.10. The molecular formula is C23H26N4O2+2. The number of aromatic amines is 2. The highest BCUT2D eigenvalue weighted by atomic mass is 16.5. The standard InChI is InChI=1S/C23H24N4O2/c28-21(26-23-11-15-8-16(12-23)10-17(9-15)13-23)20-19-5-1-2-7-27(19)22(25-20)29-18-4-3-6-24-14-18/h1-7,14-17H,8-13H2,(H,26,28)/p+2. The summed E-state index contributed by atoms with van der Waals surface area (Å²) >= 11 is 0. The molecule has 4 saturated carbocycles. The van der Waals surface area contributed by atoms with Crippen molar-refractivity contribution >= 4 is 11.4 Å². The summed E-state index contributed by atoms with van der Waals surface area (Å²) in [6, 6.07) is 10.1. The molecule has 0 unspecified atom stereocenters. The summed E-state index contributed by atoms with van der Waals surface area (Å²) in [5.74, 6) is 3.05. The van der Waals surface area contributed by atoms with Crippen molar-refractivity contribution in [3.8, 4) is 11.8 Å². The van der Waals surface area contributed by atoms with Crippen molar-refractivity contribution in [2.24, 2.45) is 17.8 Å². The van der Waals surface area contributed by atoms with Crippen molar-refractivity contribution < 1.29 is 18.9 Å². The average molecular weight is 390 g/mol. The van der Waals surface area contributed by atoms with E-state index < -0.39 is 0 Å². The second-order valence-electron chi connectivity index (χ2n) is 9.25. The molecule has 0 atom stereocenters. The smallest absolute Gasteiger partial charge is 0.385 e. The van der Waals surface area contributed by atoms with Crippen molar-refractivity contribution in [3.05, 3.63) is 54.6 Å². The predicted octanol–water partition coefficient (Wildman–Crippen LogP) is 3.06. The number of aromatic nitrogens is 3. The maximum Gasteiger partial charge on any atom is 0.465 e. The van der Waals surface area contributed by atoms with Crippen LogP contribution in [0.3, 0.4) is 0 Å². The van der Waals surface area contributed by atoms with Crippen LogP contribution in [0.1, 0.15) is 49.0 Å². The van der Waals surface area contributed by atoms with Gasteiger partial charge in [-0.2, -0.15) is 9.38 Å². The van der Waals surface area contributed by atoms with E-state index in [2.05, 4.69) is 15.3 Å². The number of fused-ring (bicyclic) bond motifs is 1. The van der Waals surface area contributed by atoms with Gasteiger partial charge in [0.15, 0.2) is 17.5 Å².